The van der Waals surface area contributed by atoms with Gasteiger partial charge >= 0.3 is 0 Å². The fraction of sp³-hybridized carbons (Fsp3) is 0.884. The number of carbonyl (C=O) groups excluding carboxylic acids is 1. The molecular weight excluding hydrogens is 594 g/mol. The largest absolute Gasteiger partial charge is 0.394 e. The minimum absolute atomic E-state index is 0.00935. The zero-order chi connectivity index (χ0) is 35.2. The molecule has 0 aliphatic rings. The lowest BCUT2D eigenvalue weighted by Crippen LogP contribution is -2.45. The predicted octanol–water partition coefficient (Wildman–Crippen LogP) is 11.8. The van der Waals surface area contributed by atoms with Gasteiger partial charge in [0.2, 0.25) is 5.91 Å². The first-order chi connectivity index (χ1) is 23.5. The van der Waals surface area contributed by atoms with Crippen molar-refractivity contribution >= 4 is 5.91 Å². The smallest absolute Gasteiger partial charge is 0.222 e. The number of aliphatic hydroxyl groups is 3. The van der Waals surface area contributed by atoms with Crippen LogP contribution in [0.2, 0.25) is 0 Å². The van der Waals surface area contributed by atoms with Crippen LogP contribution in [0.25, 0.3) is 0 Å². The van der Waals surface area contributed by atoms with Gasteiger partial charge in [-0.25, -0.2) is 0 Å². The third kappa shape index (κ3) is 34.7. The number of hydrogen-bond acceptors (Lipinski definition) is 4. The number of amides is 1. The molecule has 0 aromatic rings. The molecule has 0 aromatic carbocycles. The van der Waals surface area contributed by atoms with Gasteiger partial charge in [-0.05, 0) is 32.1 Å². The zero-order valence-electron chi connectivity index (χ0n) is 32.1. The van der Waals surface area contributed by atoms with E-state index in [1.807, 2.05) is 6.08 Å². The SMILES string of the molecule is CCCCCCCCCCCCCCC/C=C/CC/C=C/C(O)C(CO)NC(=O)CC(O)CCCCCCCCCCCCCCCC. The maximum Gasteiger partial charge on any atom is 0.222 e. The topological polar surface area (TPSA) is 89.8 Å². The first-order valence-corrected chi connectivity index (χ1v) is 21.1. The molecule has 0 spiro atoms. The Morgan fingerprint density at radius 1 is 0.521 bits per heavy atom. The molecule has 48 heavy (non-hydrogen) atoms. The number of allylic oxidation sites excluding steroid dienone is 3. The third-order valence-corrected chi connectivity index (χ3v) is 9.74. The Morgan fingerprint density at radius 2 is 0.896 bits per heavy atom. The first kappa shape index (κ1) is 46.8. The van der Waals surface area contributed by atoms with E-state index in [0.29, 0.717) is 6.42 Å². The summed E-state index contributed by atoms with van der Waals surface area (Å²) in [6.45, 7) is 4.20. The van der Waals surface area contributed by atoms with Crippen molar-refractivity contribution in [1.29, 1.82) is 0 Å². The van der Waals surface area contributed by atoms with Crippen molar-refractivity contribution in [2.45, 2.75) is 238 Å². The van der Waals surface area contributed by atoms with Gasteiger partial charge in [-0.2, -0.15) is 0 Å². The summed E-state index contributed by atoms with van der Waals surface area (Å²) < 4.78 is 0. The van der Waals surface area contributed by atoms with Crippen LogP contribution in [0.5, 0.6) is 0 Å². The highest BCUT2D eigenvalue weighted by molar-refractivity contribution is 5.76. The quantitative estimate of drug-likeness (QED) is 0.0387. The molecule has 3 unspecified atom stereocenters. The van der Waals surface area contributed by atoms with E-state index in [1.54, 1.807) is 6.08 Å². The number of rotatable bonds is 38. The van der Waals surface area contributed by atoms with Gasteiger partial charge in [0.05, 0.1) is 31.3 Å². The van der Waals surface area contributed by atoms with Crippen molar-refractivity contribution < 1.29 is 20.1 Å². The molecule has 0 fully saturated rings. The lowest BCUT2D eigenvalue weighted by molar-refractivity contribution is -0.124. The van der Waals surface area contributed by atoms with Crippen LogP contribution >= 0.6 is 0 Å². The van der Waals surface area contributed by atoms with Crippen molar-refractivity contribution in [1.82, 2.24) is 5.32 Å². The highest BCUT2D eigenvalue weighted by Gasteiger charge is 2.20. The Hall–Kier alpha value is -1.17. The fourth-order valence-corrected chi connectivity index (χ4v) is 6.47. The summed E-state index contributed by atoms with van der Waals surface area (Å²) in [6, 6.07) is -0.756. The fourth-order valence-electron chi connectivity index (χ4n) is 6.47. The number of unbranched alkanes of at least 4 members (excludes halogenated alkanes) is 27. The lowest BCUT2D eigenvalue weighted by Gasteiger charge is -2.21. The maximum absolute atomic E-state index is 12.4. The molecule has 284 valence electrons. The maximum atomic E-state index is 12.4. The van der Waals surface area contributed by atoms with Gasteiger partial charge in [0.15, 0.2) is 0 Å². The predicted molar refractivity (Wildman–Crippen MR) is 208 cm³/mol. The Bertz CT molecular complexity index is 709. The van der Waals surface area contributed by atoms with E-state index >= 15 is 0 Å². The molecule has 0 saturated heterocycles. The van der Waals surface area contributed by atoms with Crippen molar-refractivity contribution in [3.05, 3.63) is 24.3 Å². The number of hydrogen-bond donors (Lipinski definition) is 4. The Kier molecular flexibility index (Phi) is 37.7. The number of nitrogens with one attached hydrogen (secondary N) is 1. The molecule has 0 heterocycles. The Balaban J connectivity index is 3.71. The van der Waals surface area contributed by atoms with E-state index in [9.17, 15) is 20.1 Å². The van der Waals surface area contributed by atoms with E-state index < -0.39 is 18.2 Å². The lowest BCUT2D eigenvalue weighted by atomic mass is 10.0. The normalized spacial score (nSPS) is 13.9. The molecule has 1 amide bonds. The van der Waals surface area contributed by atoms with E-state index in [1.165, 1.54) is 161 Å². The summed E-state index contributed by atoms with van der Waals surface area (Å²) in [4.78, 5) is 12.4. The van der Waals surface area contributed by atoms with Crippen LogP contribution in [0.15, 0.2) is 24.3 Å². The van der Waals surface area contributed by atoms with E-state index in [2.05, 4.69) is 31.3 Å². The molecule has 4 N–H and O–H groups in total. The Labute approximate surface area is 299 Å². The summed E-state index contributed by atoms with van der Waals surface area (Å²) in [5.74, 6) is -0.324. The minimum Gasteiger partial charge on any atom is -0.394 e. The minimum atomic E-state index is -0.948. The van der Waals surface area contributed by atoms with Crippen molar-refractivity contribution in [2.24, 2.45) is 0 Å². The second-order valence-electron chi connectivity index (χ2n) is 14.6. The second kappa shape index (κ2) is 38.6. The molecule has 0 saturated carbocycles. The molecule has 0 aliphatic carbocycles. The first-order valence-electron chi connectivity index (χ1n) is 21.1. The van der Waals surface area contributed by atoms with Crippen LogP contribution in [0.1, 0.15) is 219 Å². The van der Waals surface area contributed by atoms with Crippen LogP contribution < -0.4 is 5.32 Å². The van der Waals surface area contributed by atoms with Crippen molar-refractivity contribution in [3.8, 4) is 0 Å². The molecule has 5 nitrogen and oxygen atoms in total. The van der Waals surface area contributed by atoms with Gasteiger partial charge < -0.3 is 20.6 Å². The summed E-state index contributed by atoms with van der Waals surface area (Å²) in [5.41, 5.74) is 0. The monoisotopic (exact) mass is 678 g/mol. The molecule has 0 radical (unpaired) electrons. The summed E-state index contributed by atoms with van der Waals surface area (Å²) in [7, 11) is 0. The molecule has 0 aromatic heterocycles. The van der Waals surface area contributed by atoms with Gasteiger partial charge in [0.25, 0.3) is 0 Å². The van der Waals surface area contributed by atoms with Crippen LogP contribution in [-0.2, 0) is 4.79 Å². The van der Waals surface area contributed by atoms with Gasteiger partial charge in [-0.15, -0.1) is 0 Å². The van der Waals surface area contributed by atoms with Crippen molar-refractivity contribution in [3.63, 3.8) is 0 Å². The van der Waals surface area contributed by atoms with Crippen LogP contribution in [0.3, 0.4) is 0 Å². The highest BCUT2D eigenvalue weighted by atomic mass is 16.3. The van der Waals surface area contributed by atoms with Crippen LogP contribution in [0, 0.1) is 0 Å². The van der Waals surface area contributed by atoms with Gasteiger partial charge in [-0.1, -0.05) is 205 Å². The summed E-state index contributed by atoms with van der Waals surface area (Å²) >= 11 is 0. The molecule has 5 heteroatoms. The number of aliphatic hydroxyl groups excluding tert-OH is 3. The molecule has 0 bridgehead atoms. The highest BCUT2D eigenvalue weighted by Crippen LogP contribution is 2.15. The van der Waals surface area contributed by atoms with E-state index in [0.717, 1.165) is 32.1 Å². The van der Waals surface area contributed by atoms with Gasteiger partial charge in [0, 0.05) is 0 Å². The molecule has 3 atom stereocenters. The molecule has 0 aliphatic heterocycles. The zero-order valence-corrected chi connectivity index (χ0v) is 32.1. The van der Waals surface area contributed by atoms with Crippen LogP contribution in [-0.4, -0.2) is 46.1 Å². The average Bonchev–Trinajstić information content (AvgIpc) is 3.08. The second-order valence-corrected chi connectivity index (χ2v) is 14.6. The third-order valence-electron chi connectivity index (χ3n) is 9.74. The van der Waals surface area contributed by atoms with Gasteiger partial charge in [0.1, 0.15) is 0 Å². The summed E-state index contributed by atoms with van der Waals surface area (Å²) in [5, 5.41) is 33.1. The van der Waals surface area contributed by atoms with Crippen molar-refractivity contribution in [2.75, 3.05) is 6.61 Å². The van der Waals surface area contributed by atoms with Crippen LogP contribution in [0.4, 0.5) is 0 Å². The number of carbonyl (C=O) groups is 1. The van der Waals surface area contributed by atoms with E-state index in [-0.39, 0.29) is 18.9 Å². The molecule has 0 rings (SSSR count). The van der Waals surface area contributed by atoms with E-state index in [4.69, 9.17) is 0 Å². The standard InChI is InChI=1S/C43H83NO4/c1-3-5-7-9-11-13-15-17-19-20-21-22-23-25-27-29-31-33-35-37-42(47)41(39-45)44-43(48)38-40(46)36-34-32-30-28-26-24-18-16-14-12-10-8-6-4-2/h27,29,35,37,40-42,45-47H,3-26,28,30-34,36,38-39H2,1-2H3,(H,44,48)/b29-27+,37-35+. The Morgan fingerprint density at radius 3 is 1.33 bits per heavy atom. The average molecular weight is 678 g/mol. The molecular formula is C43H83NO4. The van der Waals surface area contributed by atoms with Gasteiger partial charge in [-0.3, -0.25) is 4.79 Å². The summed E-state index contributed by atoms with van der Waals surface area (Å²) in [6.07, 6.45) is 46.0.